The van der Waals surface area contributed by atoms with Gasteiger partial charge in [0.1, 0.15) is 11.9 Å². The average Bonchev–Trinajstić information content (AvgIpc) is 3.07. The lowest BCUT2D eigenvalue weighted by molar-refractivity contribution is -0.192. The van der Waals surface area contributed by atoms with Gasteiger partial charge in [-0.15, -0.1) is 0 Å². The van der Waals surface area contributed by atoms with E-state index >= 15 is 0 Å². The third kappa shape index (κ3) is 11.7. The summed E-state index contributed by atoms with van der Waals surface area (Å²) in [4.78, 5) is 38.9. The Morgan fingerprint density at radius 2 is 1.65 bits per heavy atom. The maximum Gasteiger partial charge on any atom is 0.490 e. The number of nitrogen functional groups attached to an aromatic ring is 1. The molecule has 3 aromatic carbocycles. The predicted octanol–water partition coefficient (Wildman–Crippen LogP) is 6.80. The number of hydrogen-bond acceptors (Lipinski definition) is 10. The summed E-state index contributed by atoms with van der Waals surface area (Å²) < 4.78 is 69.4. The number of aliphatic carboxylic acids is 1. The zero-order valence-corrected chi connectivity index (χ0v) is 30.7. The molecule has 54 heavy (non-hydrogen) atoms. The number of halogens is 3. The Morgan fingerprint density at radius 1 is 0.981 bits per heavy atom. The average molecular weight is 778 g/mol. The number of nitrogens with zero attached hydrogens (tertiary/aromatic N) is 1. The van der Waals surface area contributed by atoms with Gasteiger partial charge in [-0.25, -0.2) is 18.2 Å². The van der Waals surface area contributed by atoms with Crippen molar-refractivity contribution in [3.8, 4) is 11.5 Å². The number of carbonyl (C=O) groups is 3. The second kappa shape index (κ2) is 19.0. The van der Waals surface area contributed by atoms with Gasteiger partial charge in [-0.3, -0.25) is 9.59 Å². The van der Waals surface area contributed by atoms with Crippen molar-refractivity contribution in [2.24, 2.45) is 0 Å². The smallest absolute Gasteiger partial charge is 0.490 e. The third-order valence-corrected chi connectivity index (χ3v) is 9.39. The van der Waals surface area contributed by atoms with Gasteiger partial charge in [0, 0.05) is 36.4 Å². The minimum Gasteiger partial charge on any atom is -0.490 e. The first-order chi connectivity index (χ1) is 24.8. The van der Waals surface area contributed by atoms with Crippen LogP contribution in [0.2, 0.25) is 0 Å². The number of sulfone groups is 1. The summed E-state index contributed by atoms with van der Waals surface area (Å²) >= 11 is 0. The highest BCUT2D eigenvalue weighted by molar-refractivity contribution is 7.91. The molecule has 0 saturated carbocycles. The normalized spacial score (nSPS) is 11.7. The monoisotopic (exact) mass is 777 g/mol. The number of anilines is 3. The molecule has 0 aliphatic carbocycles. The number of pyridine rings is 1. The van der Waals surface area contributed by atoms with Crippen molar-refractivity contribution in [3.63, 3.8) is 0 Å². The van der Waals surface area contributed by atoms with E-state index in [4.69, 9.17) is 25.1 Å². The summed E-state index contributed by atoms with van der Waals surface area (Å²) in [5.41, 5.74) is 9.04. The van der Waals surface area contributed by atoms with Crippen molar-refractivity contribution in [2.45, 2.75) is 78.7 Å². The van der Waals surface area contributed by atoms with Gasteiger partial charge in [-0.1, -0.05) is 20.4 Å². The lowest BCUT2D eigenvalue weighted by Gasteiger charge is -2.24. The Labute approximate surface area is 312 Å². The fourth-order valence-electron chi connectivity index (χ4n) is 5.11. The summed E-state index contributed by atoms with van der Waals surface area (Å²) in [5.74, 6) is -2.16. The minimum absolute atomic E-state index is 0. The minimum atomic E-state index is -5.08. The molecule has 0 saturated heterocycles. The van der Waals surface area contributed by atoms with E-state index in [1.807, 2.05) is 45.9 Å². The van der Waals surface area contributed by atoms with E-state index in [0.717, 1.165) is 16.3 Å². The highest BCUT2D eigenvalue weighted by atomic mass is 32.2. The Bertz CT molecular complexity index is 2070. The zero-order chi connectivity index (χ0) is 39.7. The van der Waals surface area contributed by atoms with Gasteiger partial charge < -0.3 is 36.3 Å². The molecule has 4 aromatic rings. The number of fused-ring (bicyclic) bond motifs is 1. The maximum absolute atomic E-state index is 14.1. The Balaban J connectivity index is 0.00000115. The predicted molar refractivity (Wildman–Crippen MR) is 201 cm³/mol. The first-order valence-electron chi connectivity index (χ1n) is 16.3. The summed E-state index contributed by atoms with van der Waals surface area (Å²) in [7, 11) is -3.63. The molecular formula is C37H46F3N5O8S. The fourth-order valence-corrected chi connectivity index (χ4v) is 6.22. The molecule has 6 N–H and O–H groups in total. The highest BCUT2D eigenvalue weighted by Gasteiger charge is 2.38. The van der Waals surface area contributed by atoms with Crippen LogP contribution >= 0.6 is 0 Å². The summed E-state index contributed by atoms with van der Waals surface area (Å²) in [6.45, 7) is 10.8. The number of carbonyl (C=O) groups excluding carboxylic acids is 2. The van der Waals surface area contributed by atoms with E-state index in [1.165, 1.54) is 19.1 Å². The van der Waals surface area contributed by atoms with Crippen LogP contribution in [0, 0.1) is 6.92 Å². The number of nitrogens with one attached hydrogen (secondary N) is 3. The topological polar surface area (TPSA) is 199 Å². The third-order valence-electron chi connectivity index (χ3n) is 7.56. The number of ether oxygens (including phenoxy) is 2. The molecule has 0 fully saturated rings. The second-order valence-electron chi connectivity index (χ2n) is 11.8. The number of nitrogens with two attached hydrogens (primary N) is 1. The van der Waals surface area contributed by atoms with Crippen molar-refractivity contribution in [3.05, 3.63) is 77.5 Å². The SMILES string of the molecule is C.CCOc1cc(C(Nc2ccc3c(N)nccc3c2C)C(=O)NCc2cc(NC(C)=O)ccc2S(=O)(=O)CC)ccc1OC(C)C.O=C(O)C(F)(F)F. The van der Waals surface area contributed by atoms with E-state index in [0.29, 0.717) is 46.4 Å². The number of carboxylic acid groups (broad SMARTS) is 1. The van der Waals surface area contributed by atoms with Gasteiger partial charge in [-0.2, -0.15) is 13.2 Å². The number of aromatic nitrogens is 1. The van der Waals surface area contributed by atoms with Crippen LogP contribution in [-0.4, -0.2) is 60.9 Å². The first-order valence-corrected chi connectivity index (χ1v) is 18.0. The summed E-state index contributed by atoms with van der Waals surface area (Å²) in [6, 6.07) is 14.5. The molecule has 1 unspecified atom stereocenters. The van der Waals surface area contributed by atoms with Crippen LogP contribution in [0.5, 0.6) is 11.5 Å². The molecule has 0 radical (unpaired) electrons. The van der Waals surface area contributed by atoms with E-state index in [9.17, 15) is 31.2 Å². The van der Waals surface area contributed by atoms with Crippen LogP contribution in [0.1, 0.15) is 64.8 Å². The standard InChI is InChI=1S/C34H41N5O6S.C2HF3O2.CH4/c1-7-44-30-18-23(9-13-29(30)45-20(3)4)32(39-28-12-11-27-26(21(28)5)15-16-36-33(27)35)34(41)37-19-24-17-25(38-22(6)40)10-14-31(24)46(42,43)8-2;3-2(4,5)1(6)7;/h9-18,20,32,39H,7-8,19H2,1-6H3,(H2,35,36)(H,37,41)(H,38,40);(H,6,7);1H4. The van der Waals surface area contributed by atoms with Crippen molar-refractivity contribution in [1.82, 2.24) is 10.3 Å². The highest BCUT2D eigenvalue weighted by Crippen LogP contribution is 2.35. The Hall–Kier alpha value is -5.58. The number of carboxylic acids is 1. The number of aryl methyl sites for hydroxylation is 1. The number of hydrogen-bond donors (Lipinski definition) is 5. The Kier molecular flexibility index (Phi) is 15.6. The Morgan fingerprint density at radius 3 is 2.22 bits per heavy atom. The zero-order valence-electron chi connectivity index (χ0n) is 29.9. The molecule has 0 aliphatic rings. The molecule has 0 bridgehead atoms. The lowest BCUT2D eigenvalue weighted by Crippen LogP contribution is -2.33. The van der Waals surface area contributed by atoms with Crippen LogP contribution in [0.25, 0.3) is 10.8 Å². The van der Waals surface area contributed by atoms with Crippen LogP contribution in [0.15, 0.2) is 65.7 Å². The van der Waals surface area contributed by atoms with Gasteiger partial charge in [0.2, 0.25) is 11.8 Å². The van der Waals surface area contributed by atoms with Crippen LogP contribution in [-0.2, 0) is 30.8 Å². The van der Waals surface area contributed by atoms with E-state index in [-0.39, 0.29) is 36.6 Å². The number of alkyl halides is 3. The lowest BCUT2D eigenvalue weighted by atomic mass is 10.0. The van der Waals surface area contributed by atoms with Gasteiger partial charge in [0.05, 0.1) is 23.4 Å². The van der Waals surface area contributed by atoms with Crippen LogP contribution < -0.4 is 31.2 Å². The number of benzene rings is 3. The largest absolute Gasteiger partial charge is 0.490 e. The van der Waals surface area contributed by atoms with E-state index in [1.54, 1.807) is 37.4 Å². The molecule has 1 heterocycles. The van der Waals surface area contributed by atoms with Crippen molar-refractivity contribution in [1.29, 1.82) is 0 Å². The second-order valence-corrected chi connectivity index (χ2v) is 14.1. The van der Waals surface area contributed by atoms with Crippen molar-refractivity contribution in [2.75, 3.05) is 28.7 Å². The van der Waals surface area contributed by atoms with Crippen molar-refractivity contribution < 1.29 is 50.6 Å². The van der Waals surface area contributed by atoms with Gasteiger partial charge in [0.25, 0.3) is 0 Å². The molecule has 13 nitrogen and oxygen atoms in total. The maximum atomic E-state index is 14.1. The van der Waals surface area contributed by atoms with Crippen molar-refractivity contribution >= 4 is 55.6 Å². The molecule has 0 aliphatic heterocycles. The molecule has 0 spiro atoms. The van der Waals surface area contributed by atoms with E-state index < -0.39 is 33.9 Å². The van der Waals surface area contributed by atoms with Crippen LogP contribution in [0.3, 0.4) is 0 Å². The fraction of sp³-hybridized carbons (Fsp3) is 0.351. The quantitative estimate of drug-likeness (QED) is 0.0957. The molecule has 294 valence electrons. The molecule has 17 heteroatoms. The molecule has 1 atom stereocenters. The number of rotatable bonds is 13. The van der Waals surface area contributed by atoms with Gasteiger partial charge in [-0.05, 0) is 98.3 Å². The first kappa shape index (κ1) is 44.6. The van der Waals surface area contributed by atoms with Crippen LogP contribution in [0.4, 0.5) is 30.4 Å². The van der Waals surface area contributed by atoms with E-state index in [2.05, 4.69) is 20.9 Å². The number of amides is 2. The summed E-state index contributed by atoms with van der Waals surface area (Å²) in [6.07, 6.45) is -3.54. The molecular weight excluding hydrogens is 731 g/mol. The van der Waals surface area contributed by atoms with Gasteiger partial charge >= 0.3 is 12.1 Å². The molecule has 4 rings (SSSR count). The molecule has 1 aromatic heterocycles. The molecule has 2 amide bonds. The van der Waals surface area contributed by atoms with Gasteiger partial charge in [0.15, 0.2) is 21.3 Å². The summed E-state index contributed by atoms with van der Waals surface area (Å²) in [5, 5.41) is 17.8.